The van der Waals surface area contributed by atoms with E-state index in [2.05, 4.69) is 21.2 Å². The molecule has 1 atom stereocenters. The molecule has 0 aromatic heterocycles. The molecule has 1 spiro atoms. The van der Waals surface area contributed by atoms with Crippen LogP contribution in [0.25, 0.3) is 0 Å². The van der Waals surface area contributed by atoms with Crippen LogP contribution >= 0.6 is 36.4 Å². The van der Waals surface area contributed by atoms with Crippen molar-refractivity contribution in [1.29, 1.82) is 0 Å². The summed E-state index contributed by atoms with van der Waals surface area (Å²) < 4.78 is 0. The third-order valence-corrected chi connectivity index (χ3v) is 6.30. The monoisotopic (exact) mass is 419 g/mol. The van der Waals surface area contributed by atoms with E-state index in [1.54, 1.807) is 0 Å². The van der Waals surface area contributed by atoms with Crippen molar-refractivity contribution in [2.24, 2.45) is 11.3 Å². The van der Waals surface area contributed by atoms with E-state index < -0.39 is 0 Å². The molecule has 1 saturated carbocycles. The zero-order valence-electron chi connectivity index (χ0n) is 15.0. The number of amides is 1. The van der Waals surface area contributed by atoms with Crippen LogP contribution in [0.4, 0.5) is 0 Å². The lowest BCUT2D eigenvalue weighted by Crippen LogP contribution is -2.49. The molecule has 1 unspecified atom stereocenters. The number of piperazine rings is 1. The van der Waals surface area contributed by atoms with Gasteiger partial charge in [0.2, 0.25) is 5.91 Å². The van der Waals surface area contributed by atoms with Crippen LogP contribution in [-0.4, -0.2) is 55.0 Å². The Bertz CT molecular complexity index is 614. The number of carbonyl (C=O) groups is 1. The van der Waals surface area contributed by atoms with Crippen molar-refractivity contribution in [2.75, 3.05) is 39.3 Å². The summed E-state index contributed by atoms with van der Waals surface area (Å²) >= 11 is 6.06. The molecule has 2 aliphatic heterocycles. The summed E-state index contributed by atoms with van der Waals surface area (Å²) in [6.07, 6.45) is 3.48. The molecular weight excluding hydrogens is 393 g/mol. The molecule has 26 heavy (non-hydrogen) atoms. The van der Waals surface area contributed by atoms with Crippen molar-refractivity contribution in [3.63, 3.8) is 0 Å². The minimum atomic E-state index is 0. The van der Waals surface area contributed by atoms with E-state index in [0.29, 0.717) is 17.2 Å². The molecular formula is C19H28Cl3N3O. The Hall–Kier alpha value is -0.520. The quantitative estimate of drug-likeness (QED) is 0.815. The first kappa shape index (κ1) is 21.8. The van der Waals surface area contributed by atoms with Gasteiger partial charge in [0.1, 0.15) is 0 Å². The normalized spacial score (nSPS) is 24.5. The van der Waals surface area contributed by atoms with Gasteiger partial charge in [-0.05, 0) is 55.5 Å². The number of benzene rings is 1. The Morgan fingerprint density at radius 1 is 1.15 bits per heavy atom. The summed E-state index contributed by atoms with van der Waals surface area (Å²) in [4.78, 5) is 17.3. The largest absolute Gasteiger partial charge is 0.340 e. The number of carbonyl (C=O) groups excluding carboxylic acids is 1. The standard InChI is InChI=1S/C19H26ClN3O.2ClH/c20-16-3-1-2-15(12-16)14-22-8-10-23(11-9-22)18(24)17-13-19(17)4-6-21-7-5-19;;/h1-3,12,17,21H,4-11,13-14H2;2*1H. The first-order chi connectivity index (χ1) is 11.7. The van der Waals surface area contributed by atoms with Gasteiger partial charge in [0.15, 0.2) is 0 Å². The van der Waals surface area contributed by atoms with Gasteiger partial charge in [0, 0.05) is 43.7 Å². The molecule has 1 aliphatic carbocycles. The fourth-order valence-electron chi connectivity index (χ4n) is 4.41. The van der Waals surface area contributed by atoms with Crippen molar-refractivity contribution in [3.8, 4) is 0 Å². The van der Waals surface area contributed by atoms with Crippen molar-refractivity contribution >= 4 is 42.3 Å². The number of halogens is 3. The Labute approximate surface area is 173 Å². The second kappa shape index (κ2) is 9.11. The number of hydrogen-bond acceptors (Lipinski definition) is 3. The van der Waals surface area contributed by atoms with Gasteiger partial charge in [0.25, 0.3) is 0 Å². The van der Waals surface area contributed by atoms with E-state index in [0.717, 1.165) is 57.3 Å². The average Bonchev–Trinajstić information content (AvgIpc) is 3.28. The van der Waals surface area contributed by atoms with Gasteiger partial charge in [-0.1, -0.05) is 23.7 Å². The van der Waals surface area contributed by atoms with Gasteiger partial charge in [-0.2, -0.15) is 0 Å². The third kappa shape index (κ3) is 4.66. The van der Waals surface area contributed by atoms with Crippen LogP contribution in [0.5, 0.6) is 0 Å². The summed E-state index contributed by atoms with van der Waals surface area (Å²) in [7, 11) is 0. The Balaban J connectivity index is 0.00000121. The van der Waals surface area contributed by atoms with Gasteiger partial charge < -0.3 is 10.2 Å². The highest BCUT2D eigenvalue weighted by Crippen LogP contribution is 2.59. The first-order valence-corrected chi connectivity index (χ1v) is 9.50. The highest BCUT2D eigenvalue weighted by atomic mass is 35.5. The van der Waals surface area contributed by atoms with Crippen LogP contribution in [0.3, 0.4) is 0 Å². The topological polar surface area (TPSA) is 35.6 Å². The molecule has 3 fully saturated rings. The maximum absolute atomic E-state index is 12.8. The smallest absolute Gasteiger partial charge is 0.226 e. The number of nitrogens with zero attached hydrogens (tertiary/aromatic N) is 2. The Kier molecular flexibility index (Phi) is 7.63. The summed E-state index contributed by atoms with van der Waals surface area (Å²) in [6, 6.07) is 8.07. The maximum Gasteiger partial charge on any atom is 0.226 e. The number of hydrogen-bond donors (Lipinski definition) is 1. The summed E-state index contributed by atoms with van der Waals surface area (Å²) in [5, 5.41) is 4.21. The van der Waals surface area contributed by atoms with Crippen molar-refractivity contribution < 1.29 is 4.79 Å². The lowest BCUT2D eigenvalue weighted by Gasteiger charge is -2.35. The van der Waals surface area contributed by atoms with E-state index in [1.807, 2.05) is 18.2 Å². The summed E-state index contributed by atoms with van der Waals surface area (Å²) in [5.74, 6) is 0.721. The van der Waals surface area contributed by atoms with E-state index in [4.69, 9.17) is 11.6 Å². The van der Waals surface area contributed by atoms with Crippen LogP contribution in [-0.2, 0) is 11.3 Å². The van der Waals surface area contributed by atoms with Crippen molar-refractivity contribution in [3.05, 3.63) is 34.9 Å². The van der Waals surface area contributed by atoms with Crippen LogP contribution in [0, 0.1) is 11.3 Å². The summed E-state index contributed by atoms with van der Waals surface area (Å²) in [6.45, 7) is 6.73. The van der Waals surface area contributed by atoms with Crippen LogP contribution in [0.2, 0.25) is 5.02 Å². The highest BCUT2D eigenvalue weighted by Gasteiger charge is 2.58. The van der Waals surface area contributed by atoms with Crippen LogP contribution in [0.1, 0.15) is 24.8 Å². The molecule has 4 nitrogen and oxygen atoms in total. The molecule has 2 heterocycles. The van der Waals surface area contributed by atoms with Gasteiger partial charge in [-0.15, -0.1) is 24.8 Å². The molecule has 1 aromatic carbocycles. The minimum absolute atomic E-state index is 0. The highest BCUT2D eigenvalue weighted by molar-refractivity contribution is 6.30. The van der Waals surface area contributed by atoms with Gasteiger partial charge in [-0.25, -0.2) is 0 Å². The van der Waals surface area contributed by atoms with E-state index in [9.17, 15) is 4.79 Å². The van der Waals surface area contributed by atoms with Crippen molar-refractivity contribution in [1.82, 2.24) is 15.1 Å². The van der Waals surface area contributed by atoms with E-state index in [-0.39, 0.29) is 24.8 Å². The fraction of sp³-hybridized carbons (Fsp3) is 0.632. The SMILES string of the molecule is Cl.Cl.O=C(C1CC12CCNCC2)N1CCN(Cc2cccc(Cl)c2)CC1. The van der Waals surface area contributed by atoms with Crippen molar-refractivity contribution in [2.45, 2.75) is 25.8 Å². The number of nitrogens with one attached hydrogen (secondary N) is 1. The number of rotatable bonds is 3. The zero-order valence-corrected chi connectivity index (χ0v) is 17.3. The lowest BCUT2D eigenvalue weighted by atomic mass is 9.91. The van der Waals surface area contributed by atoms with E-state index in [1.165, 1.54) is 18.4 Å². The molecule has 2 saturated heterocycles. The first-order valence-electron chi connectivity index (χ1n) is 9.13. The Morgan fingerprint density at radius 2 is 1.85 bits per heavy atom. The maximum atomic E-state index is 12.8. The molecule has 146 valence electrons. The molecule has 7 heteroatoms. The van der Waals surface area contributed by atoms with Gasteiger partial charge >= 0.3 is 0 Å². The Morgan fingerprint density at radius 3 is 2.50 bits per heavy atom. The molecule has 3 aliphatic rings. The summed E-state index contributed by atoms with van der Waals surface area (Å²) in [5.41, 5.74) is 1.60. The average molecular weight is 421 g/mol. The fourth-order valence-corrected chi connectivity index (χ4v) is 4.63. The molecule has 1 N–H and O–H groups in total. The van der Waals surface area contributed by atoms with Gasteiger partial charge in [0.05, 0.1) is 0 Å². The predicted molar refractivity (Wildman–Crippen MR) is 110 cm³/mol. The molecule has 1 aromatic rings. The third-order valence-electron chi connectivity index (χ3n) is 6.07. The molecule has 0 bridgehead atoms. The second-order valence-corrected chi connectivity index (χ2v) is 8.04. The molecule has 1 amide bonds. The predicted octanol–water partition coefficient (Wildman–Crippen LogP) is 3.22. The molecule has 4 rings (SSSR count). The minimum Gasteiger partial charge on any atom is -0.340 e. The van der Waals surface area contributed by atoms with Gasteiger partial charge in [-0.3, -0.25) is 9.69 Å². The second-order valence-electron chi connectivity index (χ2n) is 7.60. The lowest BCUT2D eigenvalue weighted by molar-refractivity contribution is -0.135. The number of piperidine rings is 1. The van der Waals surface area contributed by atoms with Crippen LogP contribution in [0.15, 0.2) is 24.3 Å². The zero-order chi connectivity index (χ0) is 16.6. The van der Waals surface area contributed by atoms with E-state index >= 15 is 0 Å². The van der Waals surface area contributed by atoms with Crippen LogP contribution < -0.4 is 5.32 Å². The molecule has 0 radical (unpaired) electrons.